The van der Waals surface area contributed by atoms with Gasteiger partial charge < -0.3 is 14.9 Å². The zero-order valence-electron chi connectivity index (χ0n) is 10.8. The van der Waals surface area contributed by atoms with E-state index in [9.17, 15) is 0 Å². The van der Waals surface area contributed by atoms with E-state index in [4.69, 9.17) is 14.9 Å². The summed E-state index contributed by atoms with van der Waals surface area (Å²) < 4.78 is 10.9. The van der Waals surface area contributed by atoms with E-state index in [2.05, 4.69) is 10.2 Å². The molecule has 5 heteroatoms. The predicted octanol–water partition coefficient (Wildman–Crippen LogP) is 2.00. The van der Waals surface area contributed by atoms with Crippen molar-refractivity contribution in [1.29, 1.82) is 0 Å². The fourth-order valence-corrected chi connectivity index (χ4v) is 1.49. The number of hydrogen-bond donors (Lipinski definition) is 1. The summed E-state index contributed by atoms with van der Waals surface area (Å²) in [7, 11) is 1.60. The molecule has 2 rings (SSSR count). The molecule has 1 heterocycles. The lowest BCUT2D eigenvalue weighted by Gasteiger charge is -2.17. The predicted molar refractivity (Wildman–Crippen MR) is 66.8 cm³/mol. The van der Waals surface area contributed by atoms with Crippen LogP contribution in [-0.2, 0) is 10.3 Å². The number of aromatic nitrogens is 2. The number of rotatable bonds is 4. The molecule has 96 valence electrons. The summed E-state index contributed by atoms with van der Waals surface area (Å²) >= 11 is 0. The topological polar surface area (TPSA) is 74.2 Å². The minimum atomic E-state index is -0.609. The van der Waals surface area contributed by atoms with E-state index in [1.807, 2.05) is 44.2 Å². The van der Waals surface area contributed by atoms with Gasteiger partial charge in [-0.05, 0) is 19.4 Å². The first-order chi connectivity index (χ1) is 8.54. The van der Waals surface area contributed by atoms with E-state index in [1.165, 1.54) is 0 Å². The second kappa shape index (κ2) is 4.88. The van der Waals surface area contributed by atoms with Gasteiger partial charge in [0.2, 0.25) is 11.8 Å². The molecule has 18 heavy (non-hydrogen) atoms. The highest BCUT2D eigenvalue weighted by Crippen LogP contribution is 2.25. The molecule has 0 aliphatic carbocycles. The third kappa shape index (κ3) is 2.42. The van der Waals surface area contributed by atoms with Gasteiger partial charge in [-0.3, -0.25) is 0 Å². The van der Waals surface area contributed by atoms with E-state index in [0.29, 0.717) is 11.8 Å². The van der Waals surface area contributed by atoms with Gasteiger partial charge in [-0.25, -0.2) is 0 Å². The van der Waals surface area contributed by atoms with Crippen LogP contribution in [0.2, 0.25) is 0 Å². The number of nitrogens with two attached hydrogens (primary N) is 1. The van der Waals surface area contributed by atoms with E-state index < -0.39 is 11.6 Å². The van der Waals surface area contributed by atoms with Crippen molar-refractivity contribution in [2.24, 2.45) is 5.73 Å². The number of methoxy groups -OCH3 is 1. The van der Waals surface area contributed by atoms with Crippen LogP contribution in [0.5, 0.6) is 0 Å². The summed E-state index contributed by atoms with van der Waals surface area (Å²) in [6.07, 6.45) is 0. The monoisotopic (exact) mass is 247 g/mol. The maximum Gasteiger partial charge on any atom is 0.247 e. The molecule has 0 radical (unpaired) electrons. The van der Waals surface area contributed by atoms with E-state index in [-0.39, 0.29) is 0 Å². The minimum absolute atomic E-state index is 0.390. The van der Waals surface area contributed by atoms with E-state index >= 15 is 0 Å². The summed E-state index contributed by atoms with van der Waals surface area (Å²) in [5.74, 6) is 0.813. The highest BCUT2D eigenvalue weighted by atomic mass is 16.5. The molecule has 5 nitrogen and oxygen atoms in total. The van der Waals surface area contributed by atoms with Crippen molar-refractivity contribution in [3.05, 3.63) is 47.7 Å². The summed E-state index contributed by atoms with van der Waals surface area (Å²) in [5, 5.41) is 7.97. The van der Waals surface area contributed by atoms with Gasteiger partial charge in [0.25, 0.3) is 0 Å². The Labute approximate surface area is 106 Å². The van der Waals surface area contributed by atoms with E-state index in [1.54, 1.807) is 7.11 Å². The summed E-state index contributed by atoms with van der Waals surface area (Å²) in [5.41, 5.74) is 6.40. The zero-order valence-corrected chi connectivity index (χ0v) is 10.8. The standard InChI is InChI=1S/C13H17N3O2/c1-13(2,17-3)12-16-15-11(18-12)10(14)9-7-5-4-6-8-9/h4-8,10H,14H2,1-3H3. The lowest BCUT2D eigenvalue weighted by atomic mass is 10.1. The smallest absolute Gasteiger partial charge is 0.247 e. The molecule has 0 aliphatic heterocycles. The molecule has 1 unspecified atom stereocenters. The Kier molecular flexibility index (Phi) is 3.45. The Morgan fingerprint density at radius 1 is 1.22 bits per heavy atom. The number of benzene rings is 1. The number of hydrogen-bond acceptors (Lipinski definition) is 5. The van der Waals surface area contributed by atoms with Crippen LogP contribution in [0.4, 0.5) is 0 Å². The second-order valence-electron chi connectivity index (χ2n) is 4.55. The molecule has 0 saturated heterocycles. The van der Waals surface area contributed by atoms with Gasteiger partial charge in [0.15, 0.2) is 0 Å². The van der Waals surface area contributed by atoms with Crippen molar-refractivity contribution >= 4 is 0 Å². The minimum Gasteiger partial charge on any atom is -0.420 e. The van der Waals surface area contributed by atoms with Crippen LogP contribution >= 0.6 is 0 Å². The summed E-state index contributed by atoms with van der Waals surface area (Å²) in [4.78, 5) is 0. The highest BCUT2D eigenvalue weighted by molar-refractivity contribution is 5.22. The Morgan fingerprint density at radius 3 is 2.50 bits per heavy atom. The van der Waals surface area contributed by atoms with Crippen molar-refractivity contribution in [2.45, 2.75) is 25.5 Å². The van der Waals surface area contributed by atoms with E-state index in [0.717, 1.165) is 5.56 Å². The average Bonchev–Trinajstić information content (AvgIpc) is 2.89. The van der Waals surface area contributed by atoms with Gasteiger partial charge >= 0.3 is 0 Å². The Bertz CT molecular complexity index is 508. The zero-order chi connectivity index (χ0) is 13.2. The molecule has 0 bridgehead atoms. The number of nitrogens with zero attached hydrogens (tertiary/aromatic N) is 2. The van der Waals surface area contributed by atoms with Gasteiger partial charge in [0.1, 0.15) is 11.6 Å². The van der Waals surface area contributed by atoms with Crippen molar-refractivity contribution in [2.75, 3.05) is 7.11 Å². The first-order valence-corrected chi connectivity index (χ1v) is 5.74. The molecular formula is C13H17N3O2. The fourth-order valence-electron chi connectivity index (χ4n) is 1.49. The molecule has 0 fully saturated rings. The summed E-state index contributed by atoms with van der Waals surface area (Å²) in [6.45, 7) is 3.72. The maximum atomic E-state index is 6.08. The van der Waals surface area contributed by atoms with Crippen molar-refractivity contribution in [3.8, 4) is 0 Å². The second-order valence-corrected chi connectivity index (χ2v) is 4.55. The van der Waals surface area contributed by atoms with Gasteiger partial charge in [-0.15, -0.1) is 10.2 Å². The lowest BCUT2D eigenvalue weighted by Crippen LogP contribution is -2.19. The molecule has 1 atom stereocenters. The largest absolute Gasteiger partial charge is 0.420 e. The molecule has 0 saturated carbocycles. The Balaban J connectivity index is 2.26. The van der Waals surface area contributed by atoms with Crippen LogP contribution in [0, 0.1) is 0 Å². The first-order valence-electron chi connectivity index (χ1n) is 5.74. The fraction of sp³-hybridized carbons (Fsp3) is 0.385. The van der Waals surface area contributed by atoms with Crippen molar-refractivity contribution in [1.82, 2.24) is 10.2 Å². The maximum absolute atomic E-state index is 6.08. The molecule has 0 amide bonds. The quantitative estimate of drug-likeness (QED) is 0.894. The lowest BCUT2D eigenvalue weighted by molar-refractivity contribution is -0.00465. The summed E-state index contributed by atoms with van der Waals surface area (Å²) in [6, 6.07) is 9.22. The van der Waals surface area contributed by atoms with Gasteiger partial charge in [0, 0.05) is 7.11 Å². The molecule has 0 spiro atoms. The first kappa shape index (κ1) is 12.7. The normalized spacial score (nSPS) is 13.6. The third-order valence-electron chi connectivity index (χ3n) is 2.89. The average molecular weight is 247 g/mol. The molecular weight excluding hydrogens is 230 g/mol. The van der Waals surface area contributed by atoms with Crippen LogP contribution in [-0.4, -0.2) is 17.3 Å². The van der Waals surface area contributed by atoms with Crippen LogP contribution < -0.4 is 5.73 Å². The molecule has 1 aromatic heterocycles. The van der Waals surface area contributed by atoms with Crippen LogP contribution in [0.1, 0.15) is 37.2 Å². The van der Waals surface area contributed by atoms with Crippen LogP contribution in [0.25, 0.3) is 0 Å². The Morgan fingerprint density at radius 2 is 1.89 bits per heavy atom. The number of ether oxygens (including phenoxy) is 1. The molecule has 2 aromatic rings. The molecule has 0 aliphatic rings. The van der Waals surface area contributed by atoms with Crippen LogP contribution in [0.3, 0.4) is 0 Å². The van der Waals surface area contributed by atoms with Gasteiger partial charge in [0.05, 0.1) is 0 Å². The molecule has 1 aromatic carbocycles. The SMILES string of the molecule is COC(C)(C)c1nnc(C(N)c2ccccc2)o1. The third-order valence-corrected chi connectivity index (χ3v) is 2.89. The van der Waals surface area contributed by atoms with Crippen molar-refractivity contribution in [3.63, 3.8) is 0 Å². The highest BCUT2D eigenvalue weighted by Gasteiger charge is 2.28. The van der Waals surface area contributed by atoms with Gasteiger partial charge in [-0.1, -0.05) is 30.3 Å². The van der Waals surface area contributed by atoms with Crippen molar-refractivity contribution < 1.29 is 9.15 Å². The molecule has 2 N–H and O–H groups in total. The Hall–Kier alpha value is -1.72. The van der Waals surface area contributed by atoms with Gasteiger partial charge in [-0.2, -0.15) is 0 Å². The van der Waals surface area contributed by atoms with Crippen LogP contribution in [0.15, 0.2) is 34.7 Å².